The van der Waals surface area contributed by atoms with Gasteiger partial charge in [-0.15, -0.1) is 0 Å². The van der Waals surface area contributed by atoms with Crippen molar-refractivity contribution in [3.8, 4) is 28.4 Å². The van der Waals surface area contributed by atoms with E-state index in [1.165, 1.54) is 0 Å². The highest BCUT2D eigenvalue weighted by Gasteiger charge is 2.33. The van der Waals surface area contributed by atoms with E-state index in [9.17, 15) is 4.79 Å². The van der Waals surface area contributed by atoms with Crippen LogP contribution in [0.4, 0.5) is 0 Å². The zero-order valence-electron chi connectivity index (χ0n) is 18.5. The minimum absolute atomic E-state index is 0.0286. The molecule has 0 bridgehead atoms. The molecule has 6 heteroatoms. The fourth-order valence-electron chi connectivity index (χ4n) is 4.10. The number of rotatable bonds is 5. The maximum absolute atomic E-state index is 13.0. The zero-order chi connectivity index (χ0) is 22.2. The van der Waals surface area contributed by atoms with Crippen LogP contribution >= 0.6 is 11.6 Å². The predicted octanol–water partition coefficient (Wildman–Crippen LogP) is 5.95. The Morgan fingerprint density at radius 2 is 1.90 bits per heavy atom. The lowest BCUT2D eigenvalue weighted by molar-refractivity contribution is 0.237. The molecule has 5 nitrogen and oxygen atoms in total. The molecule has 0 saturated heterocycles. The van der Waals surface area contributed by atoms with Gasteiger partial charge in [-0.3, -0.25) is 4.79 Å². The first-order valence-electron chi connectivity index (χ1n) is 10.8. The molecule has 162 valence electrons. The molecule has 0 N–H and O–H groups in total. The summed E-state index contributed by atoms with van der Waals surface area (Å²) in [5, 5.41) is 0.568. The molecule has 0 fully saturated rings. The Bertz CT molecular complexity index is 1150. The summed E-state index contributed by atoms with van der Waals surface area (Å²) < 4.78 is 8.13. The van der Waals surface area contributed by atoms with Crippen LogP contribution in [0.1, 0.15) is 52.1 Å². The van der Waals surface area contributed by atoms with E-state index in [0.717, 1.165) is 36.1 Å². The van der Waals surface area contributed by atoms with E-state index in [4.69, 9.17) is 16.3 Å². The topological polar surface area (TPSA) is 57.0 Å². The third-order valence-corrected chi connectivity index (χ3v) is 6.12. The summed E-state index contributed by atoms with van der Waals surface area (Å²) in [6, 6.07) is 7.57. The number of halogens is 1. The molecule has 1 aliphatic rings. The highest BCUT2D eigenvalue weighted by Crippen LogP contribution is 2.45. The molecule has 3 heterocycles. The first kappa shape index (κ1) is 21.6. The Morgan fingerprint density at radius 3 is 2.58 bits per heavy atom. The van der Waals surface area contributed by atoms with E-state index in [0.29, 0.717) is 28.8 Å². The Balaban J connectivity index is 1.87. The number of hydrogen-bond acceptors (Lipinski definition) is 4. The first-order chi connectivity index (χ1) is 14.8. The number of ether oxygens (including phenoxy) is 1. The smallest absolute Gasteiger partial charge is 0.193 e. The second-order valence-corrected chi connectivity index (χ2v) is 9.55. The fraction of sp³-hybridized carbons (Fsp3) is 0.400. The van der Waals surface area contributed by atoms with Crippen molar-refractivity contribution in [2.45, 2.75) is 53.0 Å². The number of unbranched alkanes of at least 4 members (excludes halogenated alkanes) is 1. The normalized spacial score (nSPS) is 15.3. The molecule has 1 unspecified atom stereocenters. The lowest BCUT2D eigenvalue weighted by Gasteiger charge is -2.39. The lowest BCUT2D eigenvalue weighted by Crippen LogP contribution is -2.32. The molecule has 3 aromatic rings. The number of fused-ring (bicyclic) bond motifs is 3. The van der Waals surface area contributed by atoms with Crippen molar-refractivity contribution in [3.63, 3.8) is 0 Å². The largest absolute Gasteiger partial charge is 0.492 e. The molecular weight excluding hydrogens is 410 g/mol. The molecule has 0 radical (unpaired) electrons. The van der Waals surface area contributed by atoms with Crippen molar-refractivity contribution < 1.29 is 4.74 Å². The van der Waals surface area contributed by atoms with Crippen LogP contribution in [0.25, 0.3) is 22.6 Å². The molecule has 0 saturated carbocycles. The van der Waals surface area contributed by atoms with E-state index in [-0.39, 0.29) is 16.9 Å². The van der Waals surface area contributed by atoms with Crippen molar-refractivity contribution >= 4 is 11.6 Å². The van der Waals surface area contributed by atoms with E-state index in [1.54, 1.807) is 24.5 Å². The van der Waals surface area contributed by atoms with E-state index < -0.39 is 0 Å². The average molecular weight is 438 g/mol. The molecule has 1 atom stereocenters. The molecule has 1 aromatic carbocycles. The summed E-state index contributed by atoms with van der Waals surface area (Å²) in [7, 11) is 0. The number of benzene rings is 1. The predicted molar refractivity (Wildman–Crippen MR) is 125 cm³/mol. The third-order valence-electron chi connectivity index (χ3n) is 5.82. The molecule has 1 aliphatic heterocycles. The quantitative estimate of drug-likeness (QED) is 0.463. The van der Waals surface area contributed by atoms with Gasteiger partial charge < -0.3 is 9.30 Å². The summed E-state index contributed by atoms with van der Waals surface area (Å²) >= 11 is 6.57. The standard InChI is InChI=1S/C25H28ClN3O2/c1-5-6-10-31-22-11-16-12-23(25(2,3)4)29-15-18(24-27-8-7-9-28-24)21(30)14-20(29)17(16)13-19(22)26/h7-9,11,13-15,23H,5-6,10,12H2,1-4H3. The van der Waals surface area contributed by atoms with Gasteiger partial charge in [-0.25, -0.2) is 9.97 Å². The summed E-state index contributed by atoms with van der Waals surface area (Å²) in [4.78, 5) is 21.6. The first-order valence-corrected chi connectivity index (χ1v) is 11.2. The van der Waals surface area contributed by atoms with Gasteiger partial charge in [0.2, 0.25) is 0 Å². The molecule has 0 aliphatic carbocycles. The monoisotopic (exact) mass is 437 g/mol. The summed E-state index contributed by atoms with van der Waals surface area (Å²) in [5.41, 5.74) is 3.38. The second-order valence-electron chi connectivity index (χ2n) is 9.14. The molecule has 31 heavy (non-hydrogen) atoms. The van der Waals surface area contributed by atoms with Crippen LogP contribution in [-0.2, 0) is 6.42 Å². The number of hydrogen-bond donors (Lipinski definition) is 0. The Hall–Kier alpha value is -2.66. The van der Waals surface area contributed by atoms with Gasteiger partial charge in [0.1, 0.15) is 5.75 Å². The SMILES string of the molecule is CCCCOc1cc2c(cc1Cl)-c1cc(=O)c(-c3ncccn3)cn1C(C(C)(C)C)C2. The van der Waals surface area contributed by atoms with E-state index >= 15 is 0 Å². The molecular formula is C25H28ClN3O2. The van der Waals surface area contributed by atoms with Crippen LogP contribution in [0.2, 0.25) is 5.02 Å². The highest BCUT2D eigenvalue weighted by atomic mass is 35.5. The number of nitrogens with zero attached hydrogens (tertiary/aromatic N) is 3. The van der Waals surface area contributed by atoms with Crippen molar-refractivity contribution in [2.75, 3.05) is 6.61 Å². The zero-order valence-corrected chi connectivity index (χ0v) is 19.2. The van der Waals surface area contributed by atoms with Crippen molar-refractivity contribution in [1.29, 1.82) is 0 Å². The molecule has 0 spiro atoms. The van der Waals surface area contributed by atoms with Crippen LogP contribution in [0.3, 0.4) is 0 Å². The van der Waals surface area contributed by atoms with Crippen LogP contribution in [0.5, 0.6) is 5.75 Å². The highest BCUT2D eigenvalue weighted by molar-refractivity contribution is 6.32. The summed E-state index contributed by atoms with van der Waals surface area (Å²) in [6.07, 6.45) is 8.10. The van der Waals surface area contributed by atoms with Gasteiger partial charge in [-0.05, 0) is 42.0 Å². The van der Waals surface area contributed by atoms with Crippen LogP contribution in [-0.4, -0.2) is 21.1 Å². The van der Waals surface area contributed by atoms with E-state index in [1.807, 2.05) is 18.3 Å². The maximum Gasteiger partial charge on any atom is 0.193 e. The average Bonchev–Trinajstić information content (AvgIpc) is 2.73. The summed E-state index contributed by atoms with van der Waals surface area (Å²) in [6.45, 7) is 9.44. The molecule has 4 rings (SSSR count). The van der Waals surface area contributed by atoms with E-state index in [2.05, 4.69) is 42.2 Å². The van der Waals surface area contributed by atoms with Gasteiger partial charge in [0.25, 0.3) is 0 Å². The van der Waals surface area contributed by atoms with Gasteiger partial charge in [0, 0.05) is 36.3 Å². The van der Waals surface area contributed by atoms with Gasteiger partial charge >= 0.3 is 0 Å². The van der Waals surface area contributed by atoms with Crippen molar-refractivity contribution in [3.05, 3.63) is 63.7 Å². The minimum Gasteiger partial charge on any atom is -0.492 e. The van der Waals surface area contributed by atoms with Gasteiger partial charge in [-0.2, -0.15) is 0 Å². The van der Waals surface area contributed by atoms with Gasteiger partial charge in [0.05, 0.1) is 22.9 Å². The van der Waals surface area contributed by atoms with Crippen LogP contribution < -0.4 is 10.2 Å². The van der Waals surface area contributed by atoms with Crippen LogP contribution in [0, 0.1) is 5.41 Å². The molecule has 0 amide bonds. The third kappa shape index (κ3) is 4.24. The van der Waals surface area contributed by atoms with Crippen molar-refractivity contribution in [1.82, 2.24) is 14.5 Å². The molecule has 2 aromatic heterocycles. The fourth-order valence-corrected chi connectivity index (χ4v) is 4.32. The summed E-state index contributed by atoms with van der Waals surface area (Å²) in [5.74, 6) is 1.16. The van der Waals surface area contributed by atoms with Crippen LogP contribution in [0.15, 0.2) is 47.7 Å². The lowest BCUT2D eigenvalue weighted by atomic mass is 9.79. The Labute approximate surface area is 188 Å². The van der Waals surface area contributed by atoms with Gasteiger partial charge in [-0.1, -0.05) is 45.7 Å². The van der Waals surface area contributed by atoms with Crippen molar-refractivity contribution in [2.24, 2.45) is 5.41 Å². The second kappa shape index (κ2) is 8.46. The Kier molecular flexibility index (Phi) is 5.89. The number of pyridine rings is 1. The van der Waals surface area contributed by atoms with Gasteiger partial charge in [0.15, 0.2) is 11.3 Å². The minimum atomic E-state index is -0.0997. The Morgan fingerprint density at radius 1 is 1.16 bits per heavy atom. The number of aromatic nitrogens is 3. The maximum atomic E-state index is 13.0.